The standard InChI is InChI=1S/C11H10BrN2O/c12-14-9(7-15)5-8-6-13-11-4-2-1-3-10(8)11/h1-4,6,9,13-14H,5H2/t9-/m0/s1. The van der Waals surface area contributed by atoms with Crippen LogP contribution in [0.5, 0.6) is 0 Å². The Bertz CT molecular complexity index is 466. The van der Waals surface area contributed by atoms with Gasteiger partial charge in [0.25, 0.3) is 0 Å². The number of rotatable bonds is 4. The van der Waals surface area contributed by atoms with Crippen molar-refractivity contribution in [2.45, 2.75) is 12.5 Å². The van der Waals surface area contributed by atoms with E-state index in [1.807, 2.05) is 36.7 Å². The van der Waals surface area contributed by atoms with Crippen molar-refractivity contribution >= 4 is 33.3 Å². The molecule has 0 saturated heterocycles. The third-order valence-corrected chi connectivity index (χ3v) is 2.93. The third kappa shape index (κ3) is 2.11. The van der Waals surface area contributed by atoms with Crippen LogP contribution in [0.1, 0.15) is 5.56 Å². The largest absolute Gasteiger partial charge is 0.361 e. The Morgan fingerprint density at radius 3 is 3.00 bits per heavy atom. The summed E-state index contributed by atoms with van der Waals surface area (Å²) in [4.78, 5) is 13.7. The fourth-order valence-corrected chi connectivity index (χ4v) is 1.88. The molecule has 15 heavy (non-hydrogen) atoms. The Labute approximate surface area is 96.2 Å². The van der Waals surface area contributed by atoms with Crippen molar-refractivity contribution in [3.05, 3.63) is 36.0 Å². The van der Waals surface area contributed by atoms with Crippen LogP contribution in [-0.4, -0.2) is 17.3 Å². The van der Waals surface area contributed by atoms with Gasteiger partial charge in [0.2, 0.25) is 6.29 Å². The van der Waals surface area contributed by atoms with Gasteiger partial charge in [-0.25, -0.2) is 4.34 Å². The van der Waals surface area contributed by atoms with Crippen LogP contribution in [0.25, 0.3) is 10.9 Å². The van der Waals surface area contributed by atoms with Crippen LogP contribution in [0.2, 0.25) is 0 Å². The predicted molar refractivity (Wildman–Crippen MR) is 63.5 cm³/mol. The number of H-pyrrole nitrogens is 1. The molecule has 2 rings (SSSR count). The van der Waals surface area contributed by atoms with Crippen LogP contribution < -0.4 is 4.34 Å². The second-order valence-corrected chi connectivity index (χ2v) is 3.80. The van der Waals surface area contributed by atoms with E-state index >= 15 is 0 Å². The summed E-state index contributed by atoms with van der Waals surface area (Å²) in [5, 5.41) is 1.15. The summed E-state index contributed by atoms with van der Waals surface area (Å²) in [6.07, 6.45) is 4.49. The summed E-state index contributed by atoms with van der Waals surface area (Å²) in [5.41, 5.74) is 2.21. The number of aromatic amines is 1. The molecule has 0 bridgehead atoms. The topological polar surface area (TPSA) is 44.9 Å². The molecule has 0 saturated carbocycles. The Kier molecular flexibility index (Phi) is 3.18. The minimum absolute atomic E-state index is 0.316. The molecule has 1 aromatic heterocycles. The van der Waals surface area contributed by atoms with Gasteiger partial charge >= 0.3 is 0 Å². The highest BCUT2D eigenvalue weighted by Gasteiger charge is 2.10. The molecule has 1 heterocycles. The van der Waals surface area contributed by atoms with Gasteiger partial charge in [-0.2, -0.15) is 0 Å². The first-order valence-corrected chi connectivity index (χ1v) is 5.43. The van der Waals surface area contributed by atoms with Gasteiger partial charge in [-0.1, -0.05) is 18.2 Å². The van der Waals surface area contributed by atoms with Crippen molar-refractivity contribution in [3.63, 3.8) is 0 Å². The lowest BCUT2D eigenvalue weighted by atomic mass is 10.1. The van der Waals surface area contributed by atoms with Crippen molar-refractivity contribution in [1.29, 1.82) is 0 Å². The highest BCUT2D eigenvalue weighted by molar-refractivity contribution is 9.08. The number of hydrogen-bond acceptors (Lipinski definition) is 2. The zero-order valence-corrected chi connectivity index (χ0v) is 9.54. The lowest BCUT2D eigenvalue weighted by Crippen LogP contribution is -2.24. The molecule has 0 fully saturated rings. The molecule has 0 amide bonds. The Morgan fingerprint density at radius 2 is 2.27 bits per heavy atom. The number of halogens is 1. The van der Waals surface area contributed by atoms with Crippen LogP contribution in [-0.2, 0) is 11.2 Å². The van der Waals surface area contributed by atoms with Gasteiger partial charge in [-0.3, -0.25) is 4.79 Å². The SMILES string of the molecule is O=[C][C@H](Cc1c[nH]c2ccccc12)NBr. The van der Waals surface area contributed by atoms with Gasteiger partial charge in [0.1, 0.15) is 0 Å². The molecule has 0 aliphatic carbocycles. The van der Waals surface area contributed by atoms with E-state index in [1.165, 1.54) is 0 Å². The van der Waals surface area contributed by atoms with Crippen LogP contribution in [0.4, 0.5) is 0 Å². The van der Waals surface area contributed by atoms with Crippen molar-refractivity contribution in [2.24, 2.45) is 0 Å². The first-order valence-electron chi connectivity index (χ1n) is 4.64. The summed E-state index contributed by atoms with van der Waals surface area (Å²) >= 11 is 3.06. The lowest BCUT2D eigenvalue weighted by Gasteiger charge is -2.04. The van der Waals surface area contributed by atoms with Gasteiger partial charge in [0, 0.05) is 33.2 Å². The number of benzene rings is 1. The average molecular weight is 266 g/mol. The highest BCUT2D eigenvalue weighted by atomic mass is 79.9. The summed E-state index contributed by atoms with van der Waals surface area (Å²) in [6, 6.07) is 7.71. The molecule has 77 valence electrons. The fourth-order valence-electron chi connectivity index (χ4n) is 1.62. The smallest absolute Gasteiger partial charge is 0.218 e. The number of hydrogen-bond donors (Lipinski definition) is 2. The molecule has 3 nitrogen and oxygen atoms in total. The molecule has 2 N–H and O–H groups in total. The van der Waals surface area contributed by atoms with E-state index in [9.17, 15) is 4.79 Å². The molecule has 1 radical (unpaired) electrons. The van der Waals surface area contributed by atoms with Crippen LogP contribution in [0.15, 0.2) is 30.5 Å². The zero-order valence-electron chi connectivity index (χ0n) is 7.96. The Hall–Kier alpha value is -1.13. The Morgan fingerprint density at radius 1 is 1.47 bits per heavy atom. The van der Waals surface area contributed by atoms with E-state index in [0.717, 1.165) is 16.5 Å². The molecule has 4 heteroatoms. The van der Waals surface area contributed by atoms with E-state index in [-0.39, 0.29) is 6.04 Å². The summed E-state index contributed by atoms with van der Waals surface area (Å²) < 4.78 is 2.73. The van der Waals surface area contributed by atoms with E-state index in [4.69, 9.17) is 0 Å². The van der Waals surface area contributed by atoms with Crippen molar-refractivity contribution in [2.75, 3.05) is 0 Å². The van der Waals surface area contributed by atoms with Crippen LogP contribution in [0, 0.1) is 0 Å². The van der Waals surface area contributed by atoms with Crippen molar-refractivity contribution in [1.82, 2.24) is 9.33 Å². The van der Waals surface area contributed by atoms with Crippen molar-refractivity contribution < 1.29 is 4.79 Å². The monoisotopic (exact) mass is 265 g/mol. The highest BCUT2D eigenvalue weighted by Crippen LogP contribution is 2.18. The average Bonchev–Trinajstić information content (AvgIpc) is 2.69. The third-order valence-electron chi connectivity index (χ3n) is 2.37. The number of fused-ring (bicyclic) bond motifs is 1. The summed E-state index contributed by atoms with van der Waals surface area (Å²) in [5.74, 6) is 0. The van der Waals surface area contributed by atoms with E-state index < -0.39 is 0 Å². The maximum Gasteiger partial charge on any atom is 0.218 e. The van der Waals surface area contributed by atoms with Gasteiger partial charge in [-0.15, -0.1) is 0 Å². The van der Waals surface area contributed by atoms with E-state index in [2.05, 4.69) is 25.5 Å². The lowest BCUT2D eigenvalue weighted by molar-refractivity contribution is 0.537. The Balaban J connectivity index is 2.32. The fraction of sp³-hybridized carbons (Fsp3) is 0.182. The number of para-hydroxylation sites is 1. The molecular weight excluding hydrogens is 256 g/mol. The molecule has 1 atom stereocenters. The van der Waals surface area contributed by atoms with E-state index in [0.29, 0.717) is 6.42 Å². The van der Waals surface area contributed by atoms with Crippen LogP contribution in [0.3, 0.4) is 0 Å². The van der Waals surface area contributed by atoms with Gasteiger partial charge < -0.3 is 4.98 Å². The van der Waals surface area contributed by atoms with Gasteiger partial charge in [0.05, 0.1) is 6.04 Å². The second kappa shape index (κ2) is 4.59. The molecule has 0 spiro atoms. The zero-order chi connectivity index (χ0) is 10.7. The quantitative estimate of drug-likeness (QED) is 0.832. The van der Waals surface area contributed by atoms with Crippen LogP contribution >= 0.6 is 16.1 Å². The summed E-state index contributed by atoms with van der Waals surface area (Å²) in [6.45, 7) is 0. The van der Waals surface area contributed by atoms with E-state index in [1.54, 1.807) is 0 Å². The number of carbonyl (C=O) groups excluding carboxylic acids is 1. The first kappa shape index (κ1) is 10.4. The molecular formula is C11H10BrN2O. The molecule has 0 aliphatic heterocycles. The molecule has 0 unspecified atom stereocenters. The van der Waals surface area contributed by atoms with Gasteiger partial charge in [0.15, 0.2) is 0 Å². The normalized spacial score (nSPS) is 12.9. The van der Waals surface area contributed by atoms with Gasteiger partial charge in [-0.05, 0) is 18.1 Å². The molecule has 2 aromatic rings. The first-order chi connectivity index (χ1) is 7.35. The maximum atomic E-state index is 10.6. The maximum absolute atomic E-state index is 10.6. The minimum atomic E-state index is -0.316. The molecule has 0 aliphatic rings. The minimum Gasteiger partial charge on any atom is -0.361 e. The number of nitrogens with one attached hydrogen (secondary N) is 2. The second-order valence-electron chi connectivity index (χ2n) is 3.34. The predicted octanol–water partition coefficient (Wildman–Crippen LogP) is 2.09. The summed E-state index contributed by atoms with van der Waals surface area (Å²) in [7, 11) is 0. The number of aromatic nitrogens is 1. The molecule has 1 aromatic carbocycles. The van der Waals surface area contributed by atoms with Crippen molar-refractivity contribution in [3.8, 4) is 0 Å².